The summed E-state index contributed by atoms with van der Waals surface area (Å²) in [6, 6.07) is 1.37. The molecule has 2 rings (SSSR count). The van der Waals surface area contributed by atoms with Crippen LogP contribution in [0.15, 0.2) is 15.0 Å². The molecule has 0 atom stereocenters. The molecule has 0 saturated carbocycles. The Morgan fingerprint density at radius 2 is 2.25 bits per heavy atom. The minimum absolute atomic E-state index is 0.0450. The number of nitro groups is 1. The van der Waals surface area contributed by atoms with E-state index in [1.54, 1.807) is 6.92 Å². The van der Waals surface area contributed by atoms with Crippen molar-refractivity contribution in [3.8, 4) is 5.75 Å². The highest BCUT2D eigenvalue weighted by Crippen LogP contribution is 2.43. The van der Waals surface area contributed by atoms with Crippen molar-refractivity contribution in [2.45, 2.75) is 13.8 Å². The lowest BCUT2D eigenvalue weighted by molar-refractivity contribution is -0.384. The lowest BCUT2D eigenvalue weighted by atomic mass is 10.1. The minimum atomic E-state index is -0.764. The number of hydrogen-bond acceptors (Lipinski definition) is 6. The van der Waals surface area contributed by atoms with Crippen LogP contribution >= 0.6 is 15.9 Å². The van der Waals surface area contributed by atoms with Crippen LogP contribution in [0.25, 0.3) is 11.0 Å². The number of phenols is 1. The van der Waals surface area contributed by atoms with Crippen molar-refractivity contribution >= 4 is 38.6 Å². The molecule has 1 N–H and O–H groups in total. The predicted molar refractivity (Wildman–Crippen MR) is 72.9 cm³/mol. The van der Waals surface area contributed by atoms with Crippen molar-refractivity contribution in [1.29, 1.82) is 0 Å². The Balaban J connectivity index is 2.89. The van der Waals surface area contributed by atoms with E-state index in [9.17, 15) is 20.0 Å². The molecule has 0 aliphatic carbocycles. The van der Waals surface area contributed by atoms with Gasteiger partial charge in [0, 0.05) is 0 Å². The summed E-state index contributed by atoms with van der Waals surface area (Å²) >= 11 is 3.01. The number of carbonyl (C=O) groups is 1. The fourth-order valence-electron chi connectivity index (χ4n) is 1.94. The molecule has 7 nitrogen and oxygen atoms in total. The number of benzene rings is 1. The summed E-state index contributed by atoms with van der Waals surface area (Å²) in [5, 5.41) is 20.9. The van der Waals surface area contributed by atoms with Gasteiger partial charge in [0.15, 0.2) is 0 Å². The highest BCUT2D eigenvalue weighted by atomic mass is 79.9. The lowest BCUT2D eigenvalue weighted by Gasteiger charge is -2.03. The first-order valence-electron chi connectivity index (χ1n) is 5.64. The van der Waals surface area contributed by atoms with Crippen molar-refractivity contribution in [2.75, 3.05) is 6.61 Å². The van der Waals surface area contributed by atoms with Crippen molar-refractivity contribution < 1.29 is 24.0 Å². The Kier molecular flexibility index (Phi) is 3.67. The number of aromatic hydroxyl groups is 1. The normalized spacial score (nSPS) is 10.8. The van der Waals surface area contributed by atoms with Crippen molar-refractivity contribution in [3.63, 3.8) is 0 Å². The van der Waals surface area contributed by atoms with E-state index in [1.807, 2.05) is 0 Å². The first kappa shape index (κ1) is 14.3. The van der Waals surface area contributed by atoms with E-state index in [2.05, 4.69) is 15.9 Å². The molecule has 0 bridgehead atoms. The number of aryl methyl sites for hydroxylation is 1. The van der Waals surface area contributed by atoms with Gasteiger partial charge in [-0.25, -0.2) is 4.79 Å². The summed E-state index contributed by atoms with van der Waals surface area (Å²) in [6.45, 7) is 3.25. The molecule has 0 saturated heterocycles. The molecule has 0 unspecified atom stereocenters. The first-order valence-corrected chi connectivity index (χ1v) is 6.43. The Morgan fingerprint density at radius 3 is 2.80 bits per heavy atom. The van der Waals surface area contributed by atoms with Gasteiger partial charge in [-0.1, -0.05) is 0 Å². The maximum atomic E-state index is 11.9. The number of nitrogens with zero attached hydrogens (tertiary/aromatic N) is 1. The number of furan rings is 1. The summed E-state index contributed by atoms with van der Waals surface area (Å²) in [4.78, 5) is 22.3. The molecule has 8 heteroatoms. The average molecular weight is 344 g/mol. The van der Waals surface area contributed by atoms with E-state index in [-0.39, 0.29) is 33.4 Å². The number of halogens is 1. The van der Waals surface area contributed by atoms with Gasteiger partial charge in [-0.3, -0.25) is 10.1 Å². The van der Waals surface area contributed by atoms with Gasteiger partial charge in [-0.2, -0.15) is 0 Å². The van der Waals surface area contributed by atoms with Crippen LogP contribution in [-0.2, 0) is 4.74 Å². The largest absolute Gasteiger partial charge is 0.501 e. The van der Waals surface area contributed by atoms with E-state index in [4.69, 9.17) is 9.15 Å². The number of nitro benzene ring substituents is 1. The third-order valence-electron chi connectivity index (χ3n) is 2.72. The van der Waals surface area contributed by atoms with Gasteiger partial charge in [0.2, 0.25) is 5.75 Å². The van der Waals surface area contributed by atoms with Gasteiger partial charge in [0.1, 0.15) is 22.3 Å². The minimum Gasteiger partial charge on any atom is -0.501 e. The van der Waals surface area contributed by atoms with Crippen molar-refractivity contribution in [3.05, 3.63) is 32.0 Å². The van der Waals surface area contributed by atoms with Crippen LogP contribution in [-0.4, -0.2) is 22.6 Å². The third-order valence-corrected chi connectivity index (χ3v) is 3.32. The number of ether oxygens (including phenoxy) is 1. The molecule has 0 amide bonds. The SMILES string of the molecule is CCOC(=O)c1c(C)oc2cc(Br)c(O)c([N+](=O)[O-])c12. The molecule has 20 heavy (non-hydrogen) atoms. The topological polar surface area (TPSA) is 103 Å². The molecule has 106 valence electrons. The molecule has 0 radical (unpaired) electrons. The average Bonchev–Trinajstić information content (AvgIpc) is 2.66. The van der Waals surface area contributed by atoms with Gasteiger partial charge in [-0.05, 0) is 35.8 Å². The van der Waals surface area contributed by atoms with Gasteiger partial charge in [0.05, 0.1) is 16.0 Å². The van der Waals surface area contributed by atoms with Crippen molar-refractivity contribution in [1.82, 2.24) is 0 Å². The lowest BCUT2D eigenvalue weighted by Crippen LogP contribution is -2.06. The van der Waals surface area contributed by atoms with E-state index in [0.717, 1.165) is 0 Å². The van der Waals surface area contributed by atoms with Crippen LogP contribution in [0.5, 0.6) is 5.75 Å². The number of hydrogen-bond donors (Lipinski definition) is 1. The van der Waals surface area contributed by atoms with Gasteiger partial charge >= 0.3 is 11.7 Å². The molecular weight excluding hydrogens is 334 g/mol. The number of phenolic OH excluding ortho intramolecular Hbond substituents is 1. The maximum Gasteiger partial charge on any atom is 0.342 e. The fraction of sp³-hybridized carbons (Fsp3) is 0.250. The second-order valence-corrected chi connectivity index (χ2v) is 4.79. The first-order chi connectivity index (χ1) is 9.38. The molecule has 0 spiro atoms. The van der Waals surface area contributed by atoms with Crippen LogP contribution in [0, 0.1) is 17.0 Å². The summed E-state index contributed by atoms with van der Waals surface area (Å²) < 4.78 is 10.3. The Labute approximate surface area is 121 Å². The van der Waals surface area contributed by atoms with Crippen molar-refractivity contribution in [2.24, 2.45) is 0 Å². The van der Waals surface area contributed by atoms with Crippen LogP contribution in [0.2, 0.25) is 0 Å². The van der Waals surface area contributed by atoms with Crippen LogP contribution in [0.3, 0.4) is 0 Å². The van der Waals surface area contributed by atoms with Gasteiger partial charge in [0.25, 0.3) is 0 Å². The second kappa shape index (κ2) is 5.12. The zero-order valence-corrected chi connectivity index (χ0v) is 12.2. The molecule has 1 aromatic carbocycles. The van der Waals surface area contributed by atoms with Crippen LogP contribution in [0.1, 0.15) is 23.0 Å². The summed E-state index contributed by atoms with van der Waals surface area (Å²) in [7, 11) is 0. The van der Waals surface area contributed by atoms with E-state index >= 15 is 0 Å². The molecule has 1 heterocycles. The smallest absolute Gasteiger partial charge is 0.342 e. The molecule has 0 fully saturated rings. The third kappa shape index (κ3) is 2.11. The van der Waals surface area contributed by atoms with Gasteiger partial charge < -0.3 is 14.3 Å². The second-order valence-electron chi connectivity index (χ2n) is 3.94. The maximum absolute atomic E-state index is 11.9. The van der Waals surface area contributed by atoms with Crippen LogP contribution in [0.4, 0.5) is 5.69 Å². The van der Waals surface area contributed by atoms with Crippen LogP contribution < -0.4 is 0 Å². The summed E-state index contributed by atoms with van der Waals surface area (Å²) in [5.74, 6) is -1.10. The number of carbonyl (C=O) groups excluding carboxylic acids is 1. The number of esters is 1. The molecule has 1 aromatic heterocycles. The standard InChI is InChI=1S/C12H10BrNO6/c1-3-19-12(16)8-5(2)20-7-4-6(13)11(15)10(9(7)8)14(17)18/h4,15H,3H2,1-2H3. The molecule has 2 aromatic rings. The zero-order valence-electron chi connectivity index (χ0n) is 10.6. The Bertz CT molecular complexity index is 721. The Morgan fingerprint density at radius 1 is 1.60 bits per heavy atom. The fourth-order valence-corrected chi connectivity index (χ4v) is 2.34. The summed E-state index contributed by atoms with van der Waals surface area (Å²) in [5.41, 5.74) is -0.507. The highest BCUT2D eigenvalue weighted by Gasteiger charge is 2.31. The Hall–Kier alpha value is -2.09. The number of fused-ring (bicyclic) bond motifs is 1. The monoisotopic (exact) mass is 343 g/mol. The van der Waals surface area contributed by atoms with E-state index in [0.29, 0.717) is 0 Å². The predicted octanol–water partition coefficient (Wildman–Crippen LogP) is 3.29. The number of rotatable bonds is 3. The van der Waals surface area contributed by atoms with Gasteiger partial charge in [-0.15, -0.1) is 0 Å². The molecule has 0 aliphatic heterocycles. The molecular formula is C12H10BrNO6. The summed E-state index contributed by atoms with van der Waals surface area (Å²) in [6.07, 6.45) is 0. The van der Waals surface area contributed by atoms with E-state index in [1.165, 1.54) is 13.0 Å². The zero-order chi connectivity index (χ0) is 15.0. The quantitative estimate of drug-likeness (QED) is 0.521. The molecule has 0 aliphatic rings. The highest BCUT2D eigenvalue weighted by molar-refractivity contribution is 9.10. The van der Waals surface area contributed by atoms with E-state index < -0.39 is 22.3 Å².